The molecule has 0 aliphatic carbocycles. The smallest absolute Gasteiger partial charge is 0.344 e. The zero-order valence-corrected chi connectivity index (χ0v) is 20.5. The molecule has 0 bridgehead atoms. The molecule has 38 heavy (non-hydrogen) atoms. The van der Waals surface area contributed by atoms with Gasteiger partial charge >= 0.3 is 11.3 Å². The summed E-state index contributed by atoms with van der Waals surface area (Å²) < 4.78 is 10.8. The minimum Gasteiger partial charge on any atom is -0.422 e. The van der Waals surface area contributed by atoms with E-state index in [1.807, 2.05) is 24.3 Å². The topological polar surface area (TPSA) is 89.5 Å². The van der Waals surface area contributed by atoms with Crippen molar-refractivity contribution in [1.82, 2.24) is 0 Å². The number of amides is 1. The van der Waals surface area contributed by atoms with Gasteiger partial charge in [0.05, 0.1) is 16.1 Å². The highest BCUT2D eigenvalue weighted by molar-refractivity contribution is 6.33. The van der Waals surface area contributed by atoms with Crippen LogP contribution in [-0.2, 0) is 0 Å². The normalized spacial score (nSPS) is 11.1. The van der Waals surface area contributed by atoms with Gasteiger partial charge in [-0.1, -0.05) is 66.2 Å². The molecule has 4 aromatic carbocycles. The molecule has 1 N–H and O–H groups in total. The molecule has 0 radical (unpaired) electrons. The summed E-state index contributed by atoms with van der Waals surface area (Å²) in [4.78, 5) is 37.9. The van der Waals surface area contributed by atoms with Crippen LogP contribution in [0.3, 0.4) is 0 Å². The Bertz CT molecular complexity index is 1970. The molecule has 0 saturated heterocycles. The first-order valence-electron chi connectivity index (χ1n) is 11.7. The van der Waals surface area contributed by atoms with Gasteiger partial charge in [-0.2, -0.15) is 0 Å². The predicted molar refractivity (Wildman–Crippen MR) is 149 cm³/mol. The average Bonchev–Trinajstić information content (AvgIpc) is 2.93. The molecule has 6 rings (SSSR count). The second-order valence-corrected chi connectivity index (χ2v) is 9.10. The van der Waals surface area contributed by atoms with E-state index < -0.39 is 11.3 Å². The summed E-state index contributed by atoms with van der Waals surface area (Å²) in [6.07, 6.45) is 0. The summed E-state index contributed by atoms with van der Waals surface area (Å²) in [6, 6.07) is 29.6. The van der Waals surface area contributed by atoms with Crippen molar-refractivity contribution in [3.05, 3.63) is 135 Å². The number of anilines is 1. The minimum absolute atomic E-state index is 0.295. The lowest BCUT2D eigenvalue weighted by molar-refractivity contribution is 0.102. The van der Waals surface area contributed by atoms with Gasteiger partial charge < -0.3 is 14.2 Å². The number of halogens is 1. The molecule has 184 valence electrons. The Morgan fingerprint density at radius 2 is 1.21 bits per heavy atom. The Balaban J connectivity index is 1.23. The summed E-state index contributed by atoms with van der Waals surface area (Å²) in [5.41, 5.74) is 2.82. The number of carbonyl (C=O) groups excluding carboxylic acids is 1. The van der Waals surface area contributed by atoms with E-state index in [4.69, 9.17) is 20.4 Å². The maximum atomic E-state index is 12.9. The highest BCUT2D eigenvalue weighted by Crippen LogP contribution is 2.30. The highest BCUT2D eigenvalue weighted by atomic mass is 35.5. The number of rotatable bonds is 4. The van der Waals surface area contributed by atoms with Gasteiger partial charge in [-0.25, -0.2) is 9.59 Å². The molecule has 2 aromatic heterocycles. The van der Waals surface area contributed by atoms with Crippen LogP contribution in [0.4, 0.5) is 5.69 Å². The van der Waals surface area contributed by atoms with E-state index in [0.717, 1.165) is 10.8 Å². The molecular weight excluding hydrogens is 502 g/mol. The summed E-state index contributed by atoms with van der Waals surface area (Å²) in [7, 11) is 0. The number of hydrogen-bond donors (Lipinski definition) is 1. The van der Waals surface area contributed by atoms with Crippen LogP contribution in [0, 0.1) is 0 Å². The SMILES string of the molecule is O=C(Nc1ccc(-c2cc3ccccc3oc2=O)c(Cl)c1)c1ccc(-c2cc3ccccc3oc2=O)cc1. The molecule has 6 aromatic rings. The highest BCUT2D eigenvalue weighted by Gasteiger charge is 2.14. The monoisotopic (exact) mass is 519 g/mol. The number of fused-ring (bicyclic) bond motifs is 2. The Labute approximate surface area is 220 Å². The number of benzene rings is 4. The van der Waals surface area contributed by atoms with Crippen molar-refractivity contribution in [2.45, 2.75) is 0 Å². The average molecular weight is 520 g/mol. The Morgan fingerprint density at radius 1 is 0.632 bits per heavy atom. The third kappa shape index (κ3) is 4.38. The van der Waals surface area contributed by atoms with E-state index in [2.05, 4.69) is 5.32 Å². The van der Waals surface area contributed by atoms with Crippen molar-refractivity contribution in [3.8, 4) is 22.3 Å². The number of para-hydroxylation sites is 2. The fourth-order valence-corrected chi connectivity index (χ4v) is 4.61. The Morgan fingerprint density at radius 3 is 1.84 bits per heavy atom. The van der Waals surface area contributed by atoms with Gasteiger partial charge in [0.25, 0.3) is 5.91 Å². The second-order valence-electron chi connectivity index (χ2n) is 8.70. The number of nitrogens with one attached hydrogen (secondary N) is 1. The molecule has 2 heterocycles. The summed E-state index contributed by atoms with van der Waals surface area (Å²) in [5, 5.41) is 4.70. The molecule has 0 aliphatic heterocycles. The summed E-state index contributed by atoms with van der Waals surface area (Å²) in [5.74, 6) is -0.351. The van der Waals surface area contributed by atoms with Crippen molar-refractivity contribution < 1.29 is 13.6 Å². The van der Waals surface area contributed by atoms with Gasteiger partial charge in [-0.15, -0.1) is 0 Å². The molecule has 0 unspecified atom stereocenters. The molecule has 0 fully saturated rings. The van der Waals surface area contributed by atoms with Crippen molar-refractivity contribution in [2.75, 3.05) is 5.32 Å². The molecule has 7 heteroatoms. The van der Waals surface area contributed by atoms with Gasteiger partial charge in [0, 0.05) is 27.6 Å². The fraction of sp³-hybridized carbons (Fsp3) is 0. The Hall–Kier alpha value is -4.94. The van der Waals surface area contributed by atoms with Crippen LogP contribution in [0.15, 0.2) is 122 Å². The molecule has 0 atom stereocenters. The molecular formula is C31H18ClNO5. The van der Waals surface area contributed by atoms with Crippen molar-refractivity contribution in [2.24, 2.45) is 0 Å². The lowest BCUT2D eigenvalue weighted by Crippen LogP contribution is -2.12. The second kappa shape index (κ2) is 9.50. The van der Waals surface area contributed by atoms with Crippen LogP contribution in [-0.4, -0.2) is 5.91 Å². The zero-order chi connectivity index (χ0) is 26.2. The van der Waals surface area contributed by atoms with E-state index in [1.165, 1.54) is 0 Å². The van der Waals surface area contributed by atoms with E-state index in [1.54, 1.807) is 78.9 Å². The minimum atomic E-state index is -0.497. The predicted octanol–water partition coefficient (Wildman–Crippen LogP) is 7.14. The van der Waals surface area contributed by atoms with E-state index in [9.17, 15) is 14.4 Å². The summed E-state index contributed by atoms with van der Waals surface area (Å²) >= 11 is 6.49. The van der Waals surface area contributed by atoms with Crippen LogP contribution in [0.2, 0.25) is 5.02 Å². The maximum absolute atomic E-state index is 12.9. The van der Waals surface area contributed by atoms with Crippen molar-refractivity contribution in [1.29, 1.82) is 0 Å². The first-order chi connectivity index (χ1) is 18.5. The third-order valence-electron chi connectivity index (χ3n) is 6.26. The number of carbonyl (C=O) groups is 1. The van der Waals surface area contributed by atoms with E-state index >= 15 is 0 Å². The fourth-order valence-electron chi connectivity index (χ4n) is 4.33. The van der Waals surface area contributed by atoms with Crippen LogP contribution in [0.5, 0.6) is 0 Å². The standard InChI is InChI=1S/C31H18ClNO5/c32-26-17-22(13-14-23(26)25-16-21-6-2-4-8-28(21)38-31(25)36)33-29(34)19-11-9-18(10-12-19)24-15-20-5-1-3-7-27(20)37-30(24)35/h1-17H,(H,33,34). The summed E-state index contributed by atoms with van der Waals surface area (Å²) in [6.45, 7) is 0. The van der Waals surface area contributed by atoms with Gasteiger partial charge in [-0.3, -0.25) is 4.79 Å². The van der Waals surface area contributed by atoms with Crippen LogP contribution >= 0.6 is 11.6 Å². The quantitative estimate of drug-likeness (QED) is 0.250. The van der Waals surface area contributed by atoms with Crippen molar-refractivity contribution >= 4 is 45.1 Å². The molecule has 1 amide bonds. The van der Waals surface area contributed by atoms with Gasteiger partial charge in [0.2, 0.25) is 0 Å². The Kier molecular flexibility index (Phi) is 5.86. The van der Waals surface area contributed by atoms with E-state index in [-0.39, 0.29) is 5.91 Å². The van der Waals surface area contributed by atoms with E-state index in [0.29, 0.717) is 49.7 Å². The third-order valence-corrected chi connectivity index (χ3v) is 6.57. The first-order valence-corrected chi connectivity index (χ1v) is 12.1. The number of hydrogen-bond acceptors (Lipinski definition) is 5. The maximum Gasteiger partial charge on any atom is 0.344 e. The molecule has 0 aliphatic rings. The van der Waals surface area contributed by atoms with Crippen molar-refractivity contribution in [3.63, 3.8) is 0 Å². The molecule has 6 nitrogen and oxygen atoms in total. The van der Waals surface area contributed by atoms with Crippen LogP contribution in [0.25, 0.3) is 44.2 Å². The lowest BCUT2D eigenvalue weighted by atomic mass is 10.0. The van der Waals surface area contributed by atoms with Crippen LogP contribution in [0.1, 0.15) is 10.4 Å². The largest absolute Gasteiger partial charge is 0.422 e. The van der Waals surface area contributed by atoms with Crippen LogP contribution < -0.4 is 16.6 Å². The van der Waals surface area contributed by atoms with Gasteiger partial charge in [-0.05, 0) is 54.1 Å². The first kappa shape index (κ1) is 23.5. The zero-order valence-electron chi connectivity index (χ0n) is 19.7. The van der Waals surface area contributed by atoms with Gasteiger partial charge in [0.1, 0.15) is 11.2 Å². The van der Waals surface area contributed by atoms with Gasteiger partial charge in [0.15, 0.2) is 0 Å². The molecule has 0 spiro atoms. The lowest BCUT2D eigenvalue weighted by Gasteiger charge is -2.10. The molecule has 0 saturated carbocycles.